The van der Waals surface area contributed by atoms with Gasteiger partial charge >= 0.3 is 5.97 Å². The lowest BCUT2D eigenvalue weighted by molar-refractivity contribution is 0.0513. The summed E-state index contributed by atoms with van der Waals surface area (Å²) in [5.41, 5.74) is 0.745. The van der Waals surface area contributed by atoms with Gasteiger partial charge in [0.15, 0.2) is 12.4 Å². The van der Waals surface area contributed by atoms with Crippen LogP contribution in [0, 0.1) is 0 Å². The van der Waals surface area contributed by atoms with Gasteiger partial charge in [-0.3, -0.25) is 9.48 Å². The van der Waals surface area contributed by atoms with Gasteiger partial charge in [0.25, 0.3) is 5.91 Å². The summed E-state index contributed by atoms with van der Waals surface area (Å²) >= 11 is 5.91. The number of halogens is 1. The van der Waals surface area contributed by atoms with Crippen LogP contribution >= 0.6 is 11.6 Å². The Morgan fingerprint density at radius 3 is 2.86 bits per heavy atom. The smallest absolute Gasteiger partial charge is 0.356 e. The number of hydrogen-bond acceptors (Lipinski definition) is 6. The second kappa shape index (κ2) is 8.57. The number of aromatic nitrogens is 4. The van der Waals surface area contributed by atoms with E-state index >= 15 is 0 Å². The Labute approximate surface area is 165 Å². The second-order valence-electron chi connectivity index (χ2n) is 5.71. The van der Waals surface area contributed by atoms with Crippen LogP contribution in [0.1, 0.15) is 27.9 Å². The molecular weight excluding hydrogens is 386 g/mol. The lowest BCUT2D eigenvalue weighted by atomic mass is 10.3. The van der Waals surface area contributed by atoms with E-state index in [0.29, 0.717) is 16.5 Å². The number of carbonyl (C=O) groups is 2. The van der Waals surface area contributed by atoms with Gasteiger partial charge in [0, 0.05) is 18.1 Å². The summed E-state index contributed by atoms with van der Waals surface area (Å²) < 4.78 is 13.3. The van der Waals surface area contributed by atoms with Gasteiger partial charge in [0.1, 0.15) is 11.4 Å². The second-order valence-corrected chi connectivity index (χ2v) is 6.15. The first-order chi connectivity index (χ1) is 13.5. The zero-order chi connectivity index (χ0) is 20.1. The molecule has 1 N–H and O–H groups in total. The molecule has 0 radical (unpaired) electrons. The maximum atomic E-state index is 12.4. The fourth-order valence-corrected chi connectivity index (χ4v) is 2.55. The lowest BCUT2D eigenvalue weighted by Gasteiger charge is -2.06. The fraction of sp³-hybridized carbons (Fsp3) is 0.222. The number of esters is 1. The molecule has 1 aromatic carbocycles. The molecule has 0 spiro atoms. The molecule has 0 saturated heterocycles. The molecular formula is C18H18ClN5O4. The molecule has 10 heteroatoms. The summed E-state index contributed by atoms with van der Waals surface area (Å²) in [6, 6.07) is 8.38. The lowest BCUT2D eigenvalue weighted by Crippen LogP contribution is -2.12. The van der Waals surface area contributed by atoms with Crippen molar-refractivity contribution in [2.45, 2.75) is 13.7 Å². The molecule has 0 aliphatic rings. The average molecular weight is 404 g/mol. The Morgan fingerprint density at radius 1 is 1.29 bits per heavy atom. The van der Waals surface area contributed by atoms with E-state index in [9.17, 15) is 9.59 Å². The van der Waals surface area contributed by atoms with Gasteiger partial charge in [-0.15, -0.1) is 0 Å². The van der Waals surface area contributed by atoms with Crippen LogP contribution in [0.5, 0.6) is 5.75 Å². The predicted molar refractivity (Wildman–Crippen MR) is 101 cm³/mol. The molecule has 146 valence electrons. The third-order valence-corrected chi connectivity index (χ3v) is 3.88. The van der Waals surface area contributed by atoms with Crippen LogP contribution in [0.15, 0.2) is 42.7 Å². The molecule has 9 nitrogen and oxygen atoms in total. The highest BCUT2D eigenvalue weighted by atomic mass is 35.5. The monoisotopic (exact) mass is 403 g/mol. The normalized spacial score (nSPS) is 10.5. The Morgan fingerprint density at radius 2 is 2.11 bits per heavy atom. The standard InChI is InChI=1S/C18H18ClN5O4/c1-3-27-18(26)16-8-15(22-23(16)2)17(25)21-13-9-20-24(10-13)11-28-14-6-4-5-12(19)7-14/h4-10H,3,11H2,1-2H3,(H,21,25). The molecule has 0 atom stereocenters. The van der Waals surface area contributed by atoms with E-state index < -0.39 is 11.9 Å². The van der Waals surface area contributed by atoms with Crippen molar-refractivity contribution in [3.05, 3.63) is 59.1 Å². The summed E-state index contributed by atoms with van der Waals surface area (Å²) in [7, 11) is 1.56. The van der Waals surface area contributed by atoms with Crippen molar-refractivity contribution < 1.29 is 19.1 Å². The number of carbonyl (C=O) groups excluding carboxylic acids is 2. The van der Waals surface area contributed by atoms with E-state index in [4.69, 9.17) is 21.1 Å². The van der Waals surface area contributed by atoms with Crippen LogP contribution in [-0.2, 0) is 18.5 Å². The Hall–Kier alpha value is -3.33. The number of nitrogens with one attached hydrogen (secondary N) is 1. The van der Waals surface area contributed by atoms with Crippen molar-refractivity contribution >= 4 is 29.2 Å². The van der Waals surface area contributed by atoms with E-state index in [-0.39, 0.29) is 24.7 Å². The van der Waals surface area contributed by atoms with Crippen LogP contribution in [0.2, 0.25) is 5.02 Å². The van der Waals surface area contributed by atoms with Gasteiger partial charge in [-0.1, -0.05) is 17.7 Å². The Balaban J connectivity index is 1.61. The van der Waals surface area contributed by atoms with Crippen LogP contribution in [-0.4, -0.2) is 38.0 Å². The number of ether oxygens (including phenoxy) is 2. The minimum Gasteiger partial charge on any atom is -0.471 e. The topological polar surface area (TPSA) is 100 Å². The highest BCUT2D eigenvalue weighted by molar-refractivity contribution is 6.30. The molecule has 0 aliphatic carbocycles. The Bertz CT molecular complexity index is 998. The van der Waals surface area contributed by atoms with Crippen molar-refractivity contribution in [2.24, 2.45) is 7.05 Å². The van der Waals surface area contributed by atoms with E-state index in [0.717, 1.165) is 0 Å². The number of anilines is 1. The third-order valence-electron chi connectivity index (χ3n) is 3.65. The minimum atomic E-state index is -0.539. The van der Waals surface area contributed by atoms with Gasteiger partial charge in [-0.25, -0.2) is 9.48 Å². The van der Waals surface area contributed by atoms with Crippen LogP contribution < -0.4 is 10.1 Å². The molecule has 3 rings (SSSR count). The summed E-state index contributed by atoms with van der Waals surface area (Å²) in [5, 5.41) is 11.4. The van der Waals surface area contributed by atoms with Gasteiger partial charge in [0.05, 0.1) is 24.7 Å². The maximum Gasteiger partial charge on any atom is 0.356 e. The molecule has 0 saturated carbocycles. The van der Waals surface area contributed by atoms with Crippen molar-refractivity contribution in [3.63, 3.8) is 0 Å². The molecule has 2 aromatic heterocycles. The zero-order valence-corrected chi connectivity index (χ0v) is 16.0. The van der Waals surface area contributed by atoms with Crippen LogP contribution in [0.25, 0.3) is 0 Å². The molecule has 0 bridgehead atoms. The number of amides is 1. The largest absolute Gasteiger partial charge is 0.471 e. The van der Waals surface area contributed by atoms with Gasteiger partial charge < -0.3 is 14.8 Å². The van der Waals surface area contributed by atoms with Crippen LogP contribution in [0.4, 0.5) is 5.69 Å². The molecule has 0 fully saturated rings. The maximum absolute atomic E-state index is 12.4. The first-order valence-electron chi connectivity index (χ1n) is 8.39. The van der Waals surface area contributed by atoms with E-state index in [1.807, 2.05) is 0 Å². The highest BCUT2D eigenvalue weighted by Gasteiger charge is 2.18. The summed E-state index contributed by atoms with van der Waals surface area (Å²) in [6.45, 7) is 2.09. The predicted octanol–water partition coefficient (Wildman–Crippen LogP) is 2.74. The van der Waals surface area contributed by atoms with Crippen molar-refractivity contribution in [1.82, 2.24) is 19.6 Å². The number of nitrogens with zero attached hydrogens (tertiary/aromatic N) is 4. The first kappa shape index (κ1) is 19.4. The van der Waals surface area contributed by atoms with Gasteiger partial charge in [0.2, 0.25) is 0 Å². The molecule has 28 heavy (non-hydrogen) atoms. The number of aryl methyl sites for hydroxylation is 1. The summed E-state index contributed by atoms with van der Waals surface area (Å²) in [5.74, 6) is -0.405. The van der Waals surface area contributed by atoms with E-state index in [2.05, 4.69) is 15.5 Å². The SMILES string of the molecule is CCOC(=O)c1cc(C(=O)Nc2cnn(COc3cccc(Cl)c3)c2)nn1C. The van der Waals surface area contributed by atoms with Crippen molar-refractivity contribution in [3.8, 4) is 5.75 Å². The Kier molecular flexibility index (Phi) is 5.95. The molecule has 0 aliphatic heterocycles. The quantitative estimate of drug-likeness (QED) is 0.609. The number of benzene rings is 1. The van der Waals surface area contributed by atoms with Crippen molar-refractivity contribution in [1.29, 1.82) is 0 Å². The van der Waals surface area contributed by atoms with Gasteiger partial charge in [-0.05, 0) is 25.1 Å². The molecule has 2 heterocycles. The molecule has 1 amide bonds. The average Bonchev–Trinajstić information content (AvgIpc) is 3.27. The minimum absolute atomic E-state index is 0.0912. The highest BCUT2D eigenvalue weighted by Crippen LogP contribution is 2.17. The van der Waals surface area contributed by atoms with Crippen LogP contribution in [0.3, 0.4) is 0 Å². The van der Waals surface area contributed by atoms with Gasteiger partial charge in [-0.2, -0.15) is 10.2 Å². The third kappa shape index (κ3) is 4.68. The fourth-order valence-electron chi connectivity index (χ4n) is 2.37. The van der Waals surface area contributed by atoms with E-state index in [1.165, 1.54) is 21.6 Å². The van der Waals surface area contributed by atoms with Crippen molar-refractivity contribution in [2.75, 3.05) is 11.9 Å². The molecule has 0 unspecified atom stereocenters. The van der Waals surface area contributed by atoms with E-state index in [1.54, 1.807) is 44.4 Å². The molecule has 3 aromatic rings. The first-order valence-corrected chi connectivity index (χ1v) is 8.77. The summed E-state index contributed by atoms with van der Waals surface area (Å²) in [4.78, 5) is 24.2. The summed E-state index contributed by atoms with van der Waals surface area (Å²) in [6.07, 6.45) is 3.09. The number of rotatable bonds is 7. The number of hydrogen-bond donors (Lipinski definition) is 1. The zero-order valence-electron chi connectivity index (χ0n) is 15.3.